The first-order valence-corrected chi connectivity index (χ1v) is 13.0. The minimum atomic E-state index is -1.46. The zero-order chi connectivity index (χ0) is 30.4. The van der Waals surface area contributed by atoms with Gasteiger partial charge in [-0.2, -0.15) is 5.10 Å². The van der Waals surface area contributed by atoms with Crippen LogP contribution in [0.15, 0.2) is 29.1 Å². The molecular formula is C26H28ClN3O10S. The van der Waals surface area contributed by atoms with Gasteiger partial charge in [0, 0.05) is 39.8 Å². The fraction of sp³-hybridized carbons (Fsp3) is 0.423. The summed E-state index contributed by atoms with van der Waals surface area (Å²) >= 11 is 11.4. The van der Waals surface area contributed by atoms with E-state index in [4.69, 9.17) is 47.5 Å². The van der Waals surface area contributed by atoms with Crippen molar-refractivity contribution in [2.24, 2.45) is 7.05 Å². The number of esters is 4. The van der Waals surface area contributed by atoms with E-state index in [-0.39, 0.29) is 10.5 Å². The van der Waals surface area contributed by atoms with E-state index in [0.717, 1.165) is 42.5 Å². The lowest BCUT2D eigenvalue weighted by Crippen LogP contribution is -2.61. The van der Waals surface area contributed by atoms with Gasteiger partial charge in [-0.1, -0.05) is 29.8 Å². The third-order valence-electron chi connectivity index (χ3n) is 5.73. The number of carbonyl (C=O) groups excluding carboxylic acids is 4. The van der Waals surface area contributed by atoms with Crippen molar-refractivity contribution in [1.82, 2.24) is 14.3 Å². The van der Waals surface area contributed by atoms with E-state index in [9.17, 15) is 24.0 Å². The average molecular weight is 610 g/mol. The Morgan fingerprint density at radius 1 is 0.927 bits per heavy atom. The molecule has 2 heterocycles. The number of hydrogen-bond donors (Lipinski definition) is 0. The Bertz CT molecular complexity index is 1470. The Morgan fingerprint density at radius 3 is 2.05 bits per heavy atom. The van der Waals surface area contributed by atoms with Crippen LogP contribution in [0.4, 0.5) is 0 Å². The molecule has 1 aliphatic rings. The Hall–Kier alpha value is -3.88. The first-order valence-electron chi connectivity index (χ1n) is 12.2. The van der Waals surface area contributed by atoms with Gasteiger partial charge in [0.05, 0.1) is 0 Å². The lowest BCUT2D eigenvalue weighted by atomic mass is 9.97. The molecule has 1 saturated heterocycles. The molecule has 0 spiro atoms. The summed E-state index contributed by atoms with van der Waals surface area (Å²) in [6.45, 7) is 4.07. The quantitative estimate of drug-likeness (QED) is 0.245. The van der Waals surface area contributed by atoms with Crippen LogP contribution < -0.4 is 5.56 Å². The van der Waals surface area contributed by atoms with Crippen molar-refractivity contribution in [3.63, 3.8) is 0 Å². The second-order valence-corrected chi connectivity index (χ2v) is 9.75. The lowest BCUT2D eigenvalue weighted by molar-refractivity contribution is -0.271. The largest absolute Gasteiger partial charge is 0.463 e. The van der Waals surface area contributed by atoms with E-state index in [2.05, 4.69) is 5.10 Å². The van der Waals surface area contributed by atoms with E-state index in [1.807, 2.05) is 0 Å². The molecule has 2 aromatic rings. The first-order chi connectivity index (χ1) is 19.3. The third kappa shape index (κ3) is 8.08. The van der Waals surface area contributed by atoms with Crippen molar-refractivity contribution >= 4 is 59.8 Å². The van der Waals surface area contributed by atoms with Crippen LogP contribution in [0.1, 0.15) is 45.2 Å². The number of ether oxygens (including phenoxy) is 5. The van der Waals surface area contributed by atoms with Gasteiger partial charge in [0.15, 0.2) is 24.5 Å². The summed E-state index contributed by atoms with van der Waals surface area (Å²) in [6.07, 6.45) is -3.83. The van der Waals surface area contributed by atoms with Crippen LogP contribution in [-0.4, -0.2) is 69.2 Å². The van der Waals surface area contributed by atoms with Crippen LogP contribution in [0.25, 0.3) is 12.2 Å². The third-order valence-corrected chi connectivity index (χ3v) is 6.45. The molecule has 5 atom stereocenters. The Morgan fingerprint density at radius 2 is 1.49 bits per heavy atom. The van der Waals surface area contributed by atoms with E-state index < -0.39 is 66.7 Å². The Balaban J connectivity index is 2.18. The van der Waals surface area contributed by atoms with Crippen LogP contribution in [0.5, 0.6) is 0 Å². The topological polar surface area (TPSA) is 154 Å². The first kappa shape index (κ1) is 31.6. The highest BCUT2D eigenvalue weighted by Gasteiger charge is 2.53. The molecular weight excluding hydrogens is 582 g/mol. The van der Waals surface area contributed by atoms with Gasteiger partial charge in [-0.15, -0.1) is 0 Å². The highest BCUT2D eigenvalue weighted by molar-refractivity contribution is 7.71. The minimum absolute atomic E-state index is 0.0658. The predicted molar refractivity (Wildman–Crippen MR) is 146 cm³/mol. The number of aromatic nitrogens is 3. The standard InChI is InChI=1S/C26H28ClN3O10S/c1-13(31)36-12-20-21(37-14(2)32)22(38-15(3)33)23(39-16(4)34)25(40-20)30-26(41)29(5)24(35)19(28-30)11-8-17-6-9-18(27)10-7-17/h6-11,20-23,25H,12H2,1-5H3/b11-8+/t20-,21-,22+,23-,25-/m1/s1. The van der Waals surface area contributed by atoms with Crippen molar-refractivity contribution < 1.29 is 42.9 Å². The smallest absolute Gasteiger partial charge is 0.303 e. The van der Waals surface area contributed by atoms with Gasteiger partial charge in [-0.05, 0) is 36.0 Å². The van der Waals surface area contributed by atoms with Gasteiger partial charge in [0.2, 0.25) is 4.77 Å². The van der Waals surface area contributed by atoms with Crippen molar-refractivity contribution in [2.75, 3.05) is 6.61 Å². The van der Waals surface area contributed by atoms with Crippen LogP contribution in [0.3, 0.4) is 0 Å². The lowest BCUT2D eigenvalue weighted by Gasteiger charge is -2.44. The number of benzene rings is 1. The summed E-state index contributed by atoms with van der Waals surface area (Å²) in [5, 5.41) is 4.91. The molecule has 220 valence electrons. The molecule has 1 aromatic carbocycles. The second-order valence-electron chi connectivity index (χ2n) is 8.95. The maximum atomic E-state index is 13.0. The van der Waals surface area contributed by atoms with Gasteiger partial charge >= 0.3 is 23.9 Å². The molecule has 0 bridgehead atoms. The summed E-state index contributed by atoms with van der Waals surface area (Å²) in [6, 6.07) is 6.82. The van der Waals surface area contributed by atoms with Gasteiger partial charge in [0.1, 0.15) is 18.4 Å². The van der Waals surface area contributed by atoms with Gasteiger partial charge < -0.3 is 23.7 Å². The summed E-state index contributed by atoms with van der Waals surface area (Å²) in [5.41, 5.74) is 0.116. The van der Waals surface area contributed by atoms with Crippen LogP contribution in [0, 0.1) is 4.77 Å². The molecule has 0 N–H and O–H groups in total. The Labute approximate surface area is 244 Å². The SMILES string of the molecule is CC(=O)OC[C@H]1O[C@@H](n2nc(/C=C/c3ccc(Cl)cc3)c(=O)n(C)c2=S)[C@H](OC(C)=O)[C@@H](OC(C)=O)[C@@H]1OC(C)=O. The van der Waals surface area contributed by atoms with E-state index >= 15 is 0 Å². The molecule has 15 heteroatoms. The fourth-order valence-electron chi connectivity index (χ4n) is 4.04. The molecule has 0 amide bonds. The van der Waals surface area contributed by atoms with Gasteiger partial charge in [0.25, 0.3) is 5.56 Å². The minimum Gasteiger partial charge on any atom is -0.463 e. The predicted octanol–water partition coefficient (Wildman–Crippen LogP) is 2.39. The zero-order valence-electron chi connectivity index (χ0n) is 22.8. The zero-order valence-corrected chi connectivity index (χ0v) is 24.3. The molecule has 41 heavy (non-hydrogen) atoms. The van der Waals surface area contributed by atoms with Crippen molar-refractivity contribution in [3.05, 3.63) is 55.7 Å². The highest BCUT2D eigenvalue weighted by atomic mass is 35.5. The maximum Gasteiger partial charge on any atom is 0.303 e. The Kier molecular flexibility index (Phi) is 10.5. The molecule has 0 saturated carbocycles. The molecule has 0 radical (unpaired) electrons. The molecule has 1 aromatic heterocycles. The summed E-state index contributed by atoms with van der Waals surface area (Å²) in [7, 11) is 1.41. The molecule has 1 fully saturated rings. The number of hydrogen-bond acceptors (Lipinski definition) is 12. The number of rotatable bonds is 8. The fourth-order valence-corrected chi connectivity index (χ4v) is 4.39. The van der Waals surface area contributed by atoms with Crippen molar-refractivity contribution in [1.29, 1.82) is 0 Å². The normalized spacial score (nSPS) is 22.1. The van der Waals surface area contributed by atoms with E-state index in [1.165, 1.54) is 13.1 Å². The molecule has 1 aliphatic heterocycles. The molecule has 0 unspecified atom stereocenters. The number of carbonyl (C=O) groups is 4. The van der Waals surface area contributed by atoms with Gasteiger partial charge in [-0.25, -0.2) is 4.68 Å². The van der Waals surface area contributed by atoms with E-state index in [0.29, 0.717) is 5.02 Å². The molecule has 0 aliphatic carbocycles. The average Bonchev–Trinajstić information content (AvgIpc) is 2.88. The number of halogens is 1. The highest BCUT2D eigenvalue weighted by Crippen LogP contribution is 2.34. The summed E-state index contributed by atoms with van der Waals surface area (Å²) in [5.74, 6) is -3.01. The second kappa shape index (κ2) is 13.7. The summed E-state index contributed by atoms with van der Waals surface area (Å²) < 4.78 is 29.7. The van der Waals surface area contributed by atoms with Crippen molar-refractivity contribution in [2.45, 2.75) is 58.3 Å². The molecule has 13 nitrogen and oxygen atoms in total. The van der Waals surface area contributed by atoms with Crippen LogP contribution >= 0.6 is 23.8 Å². The summed E-state index contributed by atoms with van der Waals surface area (Å²) in [4.78, 5) is 60.9. The van der Waals surface area contributed by atoms with Crippen LogP contribution in [0.2, 0.25) is 5.02 Å². The monoisotopic (exact) mass is 609 g/mol. The number of nitrogens with zero attached hydrogens (tertiary/aromatic N) is 3. The van der Waals surface area contributed by atoms with Crippen molar-refractivity contribution in [3.8, 4) is 0 Å². The van der Waals surface area contributed by atoms with E-state index in [1.54, 1.807) is 30.3 Å². The van der Waals surface area contributed by atoms with Crippen LogP contribution in [-0.2, 0) is 49.9 Å². The molecule has 3 rings (SSSR count). The maximum absolute atomic E-state index is 13.0. The van der Waals surface area contributed by atoms with Gasteiger partial charge in [-0.3, -0.25) is 28.5 Å².